The van der Waals surface area contributed by atoms with Crippen molar-refractivity contribution in [3.8, 4) is 11.5 Å². The average molecular weight is 342 g/mol. The first-order valence-corrected chi connectivity index (χ1v) is 8.24. The molecule has 0 aromatic heterocycles. The van der Waals surface area contributed by atoms with E-state index < -0.39 is 11.3 Å². The summed E-state index contributed by atoms with van der Waals surface area (Å²) in [4.78, 5) is 25.9. The normalized spacial score (nSPS) is 30.8. The Balaban J connectivity index is 2.16. The first-order valence-electron chi connectivity index (χ1n) is 8.24. The first kappa shape index (κ1) is 17.3. The van der Waals surface area contributed by atoms with Crippen LogP contribution in [0.5, 0.6) is 11.5 Å². The highest BCUT2D eigenvalue weighted by molar-refractivity contribution is 6.17. The van der Waals surface area contributed by atoms with Gasteiger partial charge in [0.25, 0.3) is 0 Å². The van der Waals surface area contributed by atoms with Crippen LogP contribution in [-0.2, 0) is 14.3 Å². The van der Waals surface area contributed by atoms with E-state index in [0.29, 0.717) is 12.2 Å². The number of rotatable bonds is 5. The van der Waals surface area contributed by atoms with Crippen LogP contribution in [-0.4, -0.2) is 30.9 Å². The quantitative estimate of drug-likeness (QED) is 0.658. The minimum Gasteiger partial charge on any atom is -0.504 e. The molecule has 4 atom stereocenters. The highest BCUT2D eigenvalue weighted by Gasteiger charge is 2.62. The molecule has 2 aliphatic rings. The van der Waals surface area contributed by atoms with Gasteiger partial charge in [-0.1, -0.05) is 19.1 Å². The lowest BCUT2D eigenvalue weighted by Gasteiger charge is -2.31. The summed E-state index contributed by atoms with van der Waals surface area (Å²) in [5, 5.41) is 9.85. The summed E-state index contributed by atoms with van der Waals surface area (Å²) in [6.45, 7) is 5.76. The van der Waals surface area contributed by atoms with E-state index >= 15 is 0 Å². The maximum absolute atomic E-state index is 13.1. The number of allylic oxidation sites excluding steroid dienone is 3. The van der Waals surface area contributed by atoms with Crippen LogP contribution >= 0.6 is 0 Å². The van der Waals surface area contributed by atoms with E-state index in [0.717, 1.165) is 5.56 Å². The number of Topliss-reactive ketones (excluding diaryl/α,β-unsaturated/α-hetero) is 2. The Labute approximate surface area is 146 Å². The van der Waals surface area contributed by atoms with Crippen molar-refractivity contribution in [1.82, 2.24) is 0 Å². The zero-order chi connectivity index (χ0) is 18.4. The van der Waals surface area contributed by atoms with Crippen molar-refractivity contribution in [2.24, 2.45) is 17.3 Å². The monoisotopic (exact) mass is 342 g/mol. The predicted molar refractivity (Wildman–Crippen MR) is 92.4 cm³/mol. The molecule has 0 heterocycles. The van der Waals surface area contributed by atoms with E-state index in [1.807, 2.05) is 6.92 Å². The van der Waals surface area contributed by atoms with Crippen molar-refractivity contribution in [3.63, 3.8) is 0 Å². The van der Waals surface area contributed by atoms with Crippen molar-refractivity contribution < 1.29 is 24.2 Å². The fourth-order valence-electron chi connectivity index (χ4n) is 4.36. The fourth-order valence-corrected chi connectivity index (χ4v) is 4.36. The number of benzene rings is 1. The molecule has 0 saturated heterocycles. The van der Waals surface area contributed by atoms with Gasteiger partial charge in [-0.15, -0.1) is 6.58 Å². The number of ketones is 2. The van der Waals surface area contributed by atoms with Crippen LogP contribution in [0.3, 0.4) is 0 Å². The number of phenols is 1. The van der Waals surface area contributed by atoms with Gasteiger partial charge in [-0.2, -0.15) is 0 Å². The molecular formula is C20H22O5. The summed E-state index contributed by atoms with van der Waals surface area (Å²) in [5.74, 6) is -0.989. The molecule has 2 bridgehead atoms. The van der Waals surface area contributed by atoms with Gasteiger partial charge in [0.05, 0.1) is 25.6 Å². The number of ether oxygens (including phenoxy) is 2. The summed E-state index contributed by atoms with van der Waals surface area (Å²) in [6.07, 6.45) is 3.85. The maximum atomic E-state index is 13.1. The summed E-state index contributed by atoms with van der Waals surface area (Å²) in [5.41, 5.74) is 0.00658. The maximum Gasteiger partial charge on any atom is 0.208 e. The fraction of sp³-hybridized carbons (Fsp3) is 0.400. The molecule has 0 spiro atoms. The third-order valence-corrected chi connectivity index (χ3v) is 5.66. The first-order chi connectivity index (χ1) is 11.9. The molecule has 0 unspecified atom stereocenters. The summed E-state index contributed by atoms with van der Waals surface area (Å²) in [7, 11) is 2.92. The molecule has 1 N–H and O–H groups in total. The van der Waals surface area contributed by atoms with Crippen LogP contribution in [0.1, 0.15) is 24.8 Å². The number of phenolic OH excluding ortho intramolecular Hbond substituents is 1. The van der Waals surface area contributed by atoms with Gasteiger partial charge in [-0.25, -0.2) is 0 Å². The highest BCUT2D eigenvalue weighted by Crippen LogP contribution is 2.59. The molecule has 132 valence electrons. The zero-order valence-electron chi connectivity index (χ0n) is 14.6. The van der Waals surface area contributed by atoms with Crippen molar-refractivity contribution in [3.05, 3.63) is 48.3 Å². The molecule has 5 heteroatoms. The Morgan fingerprint density at radius 1 is 1.28 bits per heavy atom. The van der Waals surface area contributed by atoms with Crippen LogP contribution in [0.25, 0.3) is 0 Å². The van der Waals surface area contributed by atoms with Gasteiger partial charge in [0.2, 0.25) is 5.78 Å². The molecule has 1 aromatic carbocycles. The van der Waals surface area contributed by atoms with E-state index in [2.05, 4.69) is 6.58 Å². The molecule has 0 aliphatic heterocycles. The van der Waals surface area contributed by atoms with Crippen LogP contribution in [0.15, 0.2) is 42.7 Å². The van der Waals surface area contributed by atoms with Crippen LogP contribution in [0, 0.1) is 17.3 Å². The van der Waals surface area contributed by atoms with Gasteiger partial charge in [0.1, 0.15) is 0 Å². The lowest BCUT2D eigenvalue weighted by Crippen LogP contribution is -2.38. The molecule has 0 amide bonds. The number of hydrogen-bond acceptors (Lipinski definition) is 5. The lowest BCUT2D eigenvalue weighted by atomic mass is 9.71. The second-order valence-electron chi connectivity index (χ2n) is 6.70. The SMILES string of the molecule is C=CC[C@]12C=C(OC)C(=O)[C@H](C1=O)[C@H](c1ccc(O)c(OC)c1)[C@H]2C. The van der Waals surface area contributed by atoms with Crippen LogP contribution in [0.4, 0.5) is 0 Å². The van der Waals surface area contributed by atoms with Gasteiger partial charge < -0.3 is 14.6 Å². The summed E-state index contributed by atoms with van der Waals surface area (Å²) >= 11 is 0. The highest BCUT2D eigenvalue weighted by atomic mass is 16.5. The van der Waals surface area contributed by atoms with E-state index in [4.69, 9.17) is 9.47 Å². The number of carbonyl (C=O) groups is 2. The smallest absolute Gasteiger partial charge is 0.208 e. The average Bonchev–Trinajstić information content (AvgIpc) is 2.75. The Morgan fingerprint density at radius 3 is 2.60 bits per heavy atom. The molecule has 1 fully saturated rings. The summed E-state index contributed by atoms with van der Waals surface area (Å²) < 4.78 is 10.4. The van der Waals surface area contributed by atoms with Crippen molar-refractivity contribution in [2.75, 3.05) is 14.2 Å². The van der Waals surface area contributed by atoms with Gasteiger partial charge >= 0.3 is 0 Å². The topological polar surface area (TPSA) is 72.8 Å². The molecular weight excluding hydrogens is 320 g/mol. The number of fused-ring (bicyclic) bond motifs is 2. The second-order valence-corrected chi connectivity index (χ2v) is 6.70. The van der Waals surface area contributed by atoms with E-state index in [-0.39, 0.29) is 34.9 Å². The number of carbonyl (C=O) groups excluding carboxylic acids is 2. The molecule has 1 saturated carbocycles. The molecule has 1 aromatic rings. The van der Waals surface area contributed by atoms with Crippen molar-refractivity contribution in [1.29, 1.82) is 0 Å². The van der Waals surface area contributed by atoms with Crippen LogP contribution in [0.2, 0.25) is 0 Å². The third kappa shape index (κ3) is 2.29. The predicted octanol–water partition coefficient (Wildman–Crippen LogP) is 2.99. The minimum absolute atomic E-state index is 0.0223. The zero-order valence-corrected chi connectivity index (χ0v) is 14.6. The second kappa shape index (κ2) is 6.06. The number of methoxy groups -OCH3 is 2. The number of aromatic hydroxyl groups is 1. The van der Waals surface area contributed by atoms with Gasteiger partial charge in [0, 0.05) is 5.92 Å². The largest absolute Gasteiger partial charge is 0.504 e. The molecule has 3 rings (SSSR count). The summed E-state index contributed by atoms with van der Waals surface area (Å²) in [6, 6.07) is 4.98. The third-order valence-electron chi connectivity index (χ3n) is 5.66. The molecule has 2 aliphatic carbocycles. The van der Waals surface area contributed by atoms with Gasteiger partial charge in [0.15, 0.2) is 23.0 Å². The van der Waals surface area contributed by atoms with E-state index in [1.165, 1.54) is 20.3 Å². The van der Waals surface area contributed by atoms with Crippen LogP contribution < -0.4 is 4.74 Å². The molecule has 5 nitrogen and oxygen atoms in total. The molecule has 0 radical (unpaired) electrons. The van der Waals surface area contributed by atoms with Gasteiger partial charge in [-0.3, -0.25) is 9.59 Å². The standard InChI is InChI=1S/C20H22O5/c1-5-8-20-10-15(25-4)18(22)17(19(20)23)16(11(20)2)12-6-7-13(21)14(9-12)24-3/h5-7,9-11,16-17,21H,1,8H2,2-4H3/t11-,16+,17-,20-/m1/s1. The Kier molecular flexibility index (Phi) is 4.19. The Bertz CT molecular complexity index is 778. The van der Waals surface area contributed by atoms with Crippen molar-refractivity contribution in [2.45, 2.75) is 19.3 Å². The van der Waals surface area contributed by atoms with Crippen molar-refractivity contribution >= 4 is 11.6 Å². The van der Waals surface area contributed by atoms with Gasteiger partial charge in [-0.05, 0) is 36.1 Å². The van der Waals surface area contributed by atoms with E-state index in [1.54, 1.807) is 24.3 Å². The molecule has 25 heavy (non-hydrogen) atoms. The number of hydrogen-bond donors (Lipinski definition) is 1. The van der Waals surface area contributed by atoms with E-state index in [9.17, 15) is 14.7 Å². The Hall–Kier alpha value is -2.56. The lowest BCUT2D eigenvalue weighted by molar-refractivity contribution is -0.136. The Morgan fingerprint density at radius 2 is 2.00 bits per heavy atom. The minimum atomic E-state index is -0.790.